The molecule has 38 heavy (non-hydrogen) atoms. The fraction of sp³-hybridized carbons (Fsp3) is 0.370. The Balaban J connectivity index is 1.54. The van der Waals surface area contributed by atoms with E-state index in [9.17, 15) is 14.0 Å². The number of halogens is 3. The molecule has 1 aliphatic carbocycles. The fourth-order valence-corrected chi connectivity index (χ4v) is 4.70. The van der Waals surface area contributed by atoms with Crippen LogP contribution in [0.25, 0.3) is 10.9 Å². The number of nitrogens with zero attached hydrogens (tertiary/aromatic N) is 4. The van der Waals surface area contributed by atoms with Gasteiger partial charge in [-0.25, -0.2) is 8.78 Å². The summed E-state index contributed by atoms with van der Waals surface area (Å²) in [5.74, 6) is 0. The third kappa shape index (κ3) is 5.04. The van der Waals surface area contributed by atoms with Gasteiger partial charge in [0.25, 0.3) is 6.43 Å². The summed E-state index contributed by atoms with van der Waals surface area (Å²) in [6.07, 6.45) is 4.94. The van der Waals surface area contributed by atoms with Crippen molar-refractivity contribution in [3.63, 3.8) is 0 Å². The van der Waals surface area contributed by atoms with Crippen molar-refractivity contribution in [3.05, 3.63) is 70.9 Å². The minimum atomic E-state index is -2.47. The highest BCUT2D eigenvalue weighted by Gasteiger charge is 2.56. The lowest BCUT2D eigenvalue weighted by atomic mass is 9.96. The van der Waals surface area contributed by atoms with Gasteiger partial charge in [-0.3, -0.25) is 15.0 Å². The molecule has 8 nitrogen and oxygen atoms in total. The number of rotatable bonds is 8. The van der Waals surface area contributed by atoms with Crippen LogP contribution in [0.3, 0.4) is 0 Å². The molecule has 2 aliphatic rings. The van der Waals surface area contributed by atoms with Crippen molar-refractivity contribution in [2.45, 2.75) is 51.6 Å². The predicted molar refractivity (Wildman–Crippen MR) is 144 cm³/mol. The minimum Gasteiger partial charge on any atom is -0.383 e. The van der Waals surface area contributed by atoms with Gasteiger partial charge in [0.05, 0.1) is 33.5 Å². The van der Waals surface area contributed by atoms with Gasteiger partial charge < -0.3 is 16.1 Å². The number of alkyl halides is 2. The summed E-state index contributed by atoms with van der Waals surface area (Å²) >= 11 is 6.68. The summed E-state index contributed by atoms with van der Waals surface area (Å²) in [5, 5.41) is 19.2. The first-order valence-corrected chi connectivity index (χ1v) is 12.7. The maximum atomic E-state index is 13.7. The van der Waals surface area contributed by atoms with Gasteiger partial charge in [0.2, 0.25) is 0 Å². The molecule has 2 aromatic heterocycles. The average Bonchev–Trinajstić information content (AvgIpc) is 3.56. The highest BCUT2D eigenvalue weighted by atomic mass is 35.5. The quantitative estimate of drug-likeness (QED) is 0.288. The van der Waals surface area contributed by atoms with Crippen molar-refractivity contribution in [2.75, 3.05) is 17.2 Å². The van der Waals surface area contributed by atoms with Gasteiger partial charge in [0.1, 0.15) is 11.6 Å². The van der Waals surface area contributed by atoms with Crippen molar-refractivity contribution < 1.29 is 8.78 Å². The Hall–Kier alpha value is -3.68. The summed E-state index contributed by atoms with van der Waals surface area (Å²) in [6.45, 7) is 6.95. The van der Waals surface area contributed by atoms with E-state index in [4.69, 9.17) is 11.6 Å². The van der Waals surface area contributed by atoms with Crippen molar-refractivity contribution in [3.8, 4) is 6.07 Å². The number of pyridine rings is 2. The van der Waals surface area contributed by atoms with E-state index in [1.54, 1.807) is 24.7 Å². The maximum Gasteiger partial charge on any atom is 0.262 e. The van der Waals surface area contributed by atoms with E-state index in [2.05, 4.69) is 58.4 Å². The number of nitrogens with one attached hydrogen (secondary N) is 4. The van der Waals surface area contributed by atoms with E-state index in [-0.39, 0.29) is 5.41 Å². The lowest BCUT2D eigenvalue weighted by Crippen LogP contribution is -2.48. The predicted octanol–water partition coefficient (Wildman–Crippen LogP) is 5.73. The smallest absolute Gasteiger partial charge is 0.262 e. The Morgan fingerprint density at radius 1 is 1.26 bits per heavy atom. The van der Waals surface area contributed by atoms with Gasteiger partial charge in [0.15, 0.2) is 0 Å². The van der Waals surface area contributed by atoms with E-state index in [1.165, 1.54) is 11.2 Å². The number of aromatic nitrogens is 2. The first-order chi connectivity index (χ1) is 18.1. The number of nitriles is 1. The molecule has 0 unspecified atom stereocenters. The molecule has 0 spiro atoms. The van der Waals surface area contributed by atoms with Gasteiger partial charge in [-0.05, 0) is 42.0 Å². The molecular weight excluding hydrogens is 510 g/mol. The van der Waals surface area contributed by atoms with E-state index in [1.807, 2.05) is 18.2 Å². The van der Waals surface area contributed by atoms with Crippen LogP contribution in [0.5, 0.6) is 0 Å². The SMILES string of the molecule is CC(C)(C)CNc1c(C#N)cnc2c(Cl)cc(N[C@H](C3=CN(C4(C(F)F)CC4)NN3)c3cccnc3)cc12. The molecule has 1 saturated carbocycles. The molecule has 0 radical (unpaired) electrons. The van der Waals surface area contributed by atoms with E-state index in [0.717, 1.165) is 5.56 Å². The summed E-state index contributed by atoms with van der Waals surface area (Å²) in [7, 11) is 0. The second kappa shape index (κ2) is 9.89. The second-order valence-corrected chi connectivity index (χ2v) is 11.3. The molecule has 1 fully saturated rings. The van der Waals surface area contributed by atoms with Crippen LogP contribution < -0.4 is 21.6 Å². The molecule has 1 aromatic carbocycles. The maximum absolute atomic E-state index is 13.7. The molecule has 5 rings (SSSR count). The zero-order valence-corrected chi connectivity index (χ0v) is 22.1. The number of hydrogen-bond acceptors (Lipinski definition) is 8. The highest BCUT2D eigenvalue weighted by Crippen LogP contribution is 2.47. The van der Waals surface area contributed by atoms with Crippen molar-refractivity contribution >= 4 is 33.9 Å². The molecule has 198 valence electrons. The monoisotopic (exact) mass is 538 g/mol. The van der Waals surface area contributed by atoms with Crippen LogP contribution in [0.2, 0.25) is 5.02 Å². The molecule has 1 aliphatic heterocycles. The Morgan fingerprint density at radius 2 is 2.05 bits per heavy atom. The van der Waals surface area contributed by atoms with Gasteiger partial charge >= 0.3 is 0 Å². The lowest BCUT2D eigenvalue weighted by molar-refractivity contribution is 0.00911. The zero-order valence-electron chi connectivity index (χ0n) is 21.3. The summed E-state index contributed by atoms with van der Waals surface area (Å²) < 4.78 is 27.5. The second-order valence-electron chi connectivity index (χ2n) is 10.9. The minimum absolute atomic E-state index is 0.0238. The Kier molecular flexibility index (Phi) is 6.75. The van der Waals surface area contributed by atoms with E-state index < -0.39 is 18.0 Å². The molecule has 0 bridgehead atoms. The van der Waals surface area contributed by atoms with Crippen molar-refractivity contribution in [2.24, 2.45) is 5.41 Å². The lowest BCUT2D eigenvalue weighted by Gasteiger charge is -2.25. The zero-order chi connectivity index (χ0) is 27.1. The first kappa shape index (κ1) is 25.9. The van der Waals surface area contributed by atoms with Gasteiger partial charge in [0, 0.05) is 42.4 Å². The number of fused-ring (bicyclic) bond motifs is 1. The Labute approximate surface area is 225 Å². The van der Waals surface area contributed by atoms with Crippen LogP contribution in [0.15, 0.2) is 54.8 Å². The third-order valence-corrected chi connectivity index (χ3v) is 7.01. The number of benzene rings is 1. The van der Waals surface area contributed by atoms with Crippen LogP contribution >= 0.6 is 11.6 Å². The van der Waals surface area contributed by atoms with Gasteiger partial charge in [-0.15, -0.1) is 5.53 Å². The Bertz CT molecular complexity index is 1410. The molecule has 0 saturated heterocycles. The third-order valence-electron chi connectivity index (χ3n) is 6.72. The molecule has 11 heteroatoms. The summed E-state index contributed by atoms with van der Waals surface area (Å²) in [5.41, 5.74) is 8.52. The molecule has 0 amide bonds. The van der Waals surface area contributed by atoms with Crippen LogP contribution in [-0.2, 0) is 0 Å². The molecular formula is C27H29ClF2N8. The van der Waals surface area contributed by atoms with Crippen LogP contribution in [0.1, 0.15) is 50.8 Å². The highest BCUT2D eigenvalue weighted by molar-refractivity contribution is 6.35. The summed E-state index contributed by atoms with van der Waals surface area (Å²) in [6, 6.07) is 9.14. The average molecular weight is 539 g/mol. The van der Waals surface area contributed by atoms with Crippen LogP contribution in [0, 0.1) is 16.7 Å². The largest absolute Gasteiger partial charge is 0.383 e. The number of hydrazine groups is 2. The first-order valence-electron chi connectivity index (χ1n) is 12.3. The van der Waals surface area contributed by atoms with Crippen LogP contribution in [0.4, 0.5) is 20.2 Å². The number of anilines is 2. The standard InChI is InChI=1S/C27H29ClF2N8/c1-26(2,3)15-34-22-17(11-31)13-33-24-19(22)9-18(10-20(24)28)35-23(16-5-4-8-32-12-16)21-14-38(37-36-21)27(6-7-27)25(29)30/h4-5,8-10,12-14,23,25,35-37H,6-7,15H2,1-3H3,(H,33,34)/t23-/m0/s1. The molecule has 4 N–H and O–H groups in total. The Morgan fingerprint density at radius 3 is 2.68 bits per heavy atom. The van der Waals surface area contributed by atoms with Gasteiger partial charge in [-0.2, -0.15) is 5.26 Å². The van der Waals surface area contributed by atoms with E-state index in [0.29, 0.717) is 57.9 Å². The number of hydrogen-bond donors (Lipinski definition) is 4. The molecule has 3 heterocycles. The topological polar surface area (TPSA) is 101 Å². The van der Waals surface area contributed by atoms with Crippen molar-refractivity contribution in [1.82, 2.24) is 25.9 Å². The van der Waals surface area contributed by atoms with E-state index >= 15 is 0 Å². The normalized spacial score (nSPS) is 17.1. The molecule has 3 aromatic rings. The van der Waals surface area contributed by atoms with Gasteiger partial charge in [-0.1, -0.05) is 38.4 Å². The summed E-state index contributed by atoms with van der Waals surface area (Å²) in [4.78, 5) is 8.68. The molecule has 1 atom stereocenters. The van der Waals surface area contributed by atoms with Crippen LogP contribution in [-0.4, -0.2) is 33.5 Å². The van der Waals surface area contributed by atoms with Crippen molar-refractivity contribution in [1.29, 1.82) is 5.26 Å². The fourth-order valence-electron chi connectivity index (χ4n) is 4.43.